The van der Waals surface area contributed by atoms with Gasteiger partial charge in [-0.15, -0.1) is 0 Å². The summed E-state index contributed by atoms with van der Waals surface area (Å²) >= 11 is 0. The summed E-state index contributed by atoms with van der Waals surface area (Å²) in [4.78, 5) is 17.2. The van der Waals surface area contributed by atoms with Crippen LogP contribution in [0, 0.1) is 0 Å². The zero-order valence-electron chi connectivity index (χ0n) is 24.8. The zero-order valence-corrected chi connectivity index (χ0v) is 24.8. The lowest BCUT2D eigenvalue weighted by Gasteiger charge is -2.10. The SMILES string of the molecule is COc1ccc(-c2c3nc(cc4ccc([nH]4)c(-c4ccc(OC)c(OC)c4)c4nc(cc5ccc2[nH]5)C=C4)C=C3)cc1OC. The molecule has 5 heterocycles. The third-order valence-electron chi connectivity index (χ3n) is 7.74. The predicted molar refractivity (Wildman–Crippen MR) is 176 cm³/mol. The van der Waals surface area contributed by atoms with Gasteiger partial charge < -0.3 is 28.9 Å². The third-order valence-corrected chi connectivity index (χ3v) is 7.74. The van der Waals surface area contributed by atoms with Crippen LogP contribution in [0.4, 0.5) is 0 Å². The molecule has 2 aliphatic rings. The Morgan fingerprint density at radius 1 is 0.455 bits per heavy atom. The highest BCUT2D eigenvalue weighted by Crippen LogP contribution is 2.38. The summed E-state index contributed by atoms with van der Waals surface area (Å²) in [5.41, 5.74) is 10.8. The first kappa shape index (κ1) is 27.1. The van der Waals surface area contributed by atoms with Crippen molar-refractivity contribution in [3.63, 3.8) is 0 Å². The zero-order chi connectivity index (χ0) is 30.2. The second-order valence-electron chi connectivity index (χ2n) is 10.3. The number of fused-ring (bicyclic) bond motifs is 8. The van der Waals surface area contributed by atoms with E-state index in [1.54, 1.807) is 28.4 Å². The number of H-pyrrole nitrogens is 2. The number of aromatic amines is 2. The van der Waals surface area contributed by atoms with Crippen LogP contribution in [-0.4, -0.2) is 48.4 Å². The number of hydrogen-bond acceptors (Lipinski definition) is 6. The number of hydrogen-bond donors (Lipinski definition) is 2. The first-order valence-corrected chi connectivity index (χ1v) is 14.1. The van der Waals surface area contributed by atoms with Crippen molar-refractivity contribution in [2.24, 2.45) is 0 Å². The van der Waals surface area contributed by atoms with Crippen LogP contribution >= 0.6 is 0 Å². The lowest BCUT2D eigenvalue weighted by molar-refractivity contribution is 0.355. The van der Waals surface area contributed by atoms with Gasteiger partial charge in [0.15, 0.2) is 23.0 Å². The summed E-state index contributed by atoms with van der Waals surface area (Å²) in [5.74, 6) is 2.63. The Labute approximate surface area is 254 Å². The van der Waals surface area contributed by atoms with Crippen molar-refractivity contribution in [1.29, 1.82) is 0 Å². The van der Waals surface area contributed by atoms with Gasteiger partial charge in [0, 0.05) is 33.2 Å². The van der Waals surface area contributed by atoms with Gasteiger partial charge in [-0.2, -0.15) is 0 Å². The summed E-state index contributed by atoms with van der Waals surface area (Å²) in [6, 6.07) is 24.1. The highest BCUT2D eigenvalue weighted by molar-refractivity contribution is 5.93. The Morgan fingerprint density at radius 2 is 0.886 bits per heavy atom. The molecule has 8 heteroatoms. The van der Waals surface area contributed by atoms with Crippen LogP contribution in [0.1, 0.15) is 22.8 Å². The Hall–Kier alpha value is -5.76. The molecular weight excluding hydrogens is 552 g/mol. The average molecular weight is 583 g/mol. The molecule has 0 amide bonds. The molecule has 0 aliphatic carbocycles. The van der Waals surface area contributed by atoms with Crippen molar-refractivity contribution in [2.45, 2.75) is 0 Å². The van der Waals surface area contributed by atoms with Gasteiger partial charge in [0.05, 0.1) is 51.2 Å². The summed E-state index contributed by atoms with van der Waals surface area (Å²) in [7, 11) is 6.55. The van der Waals surface area contributed by atoms with Gasteiger partial charge in [0.1, 0.15) is 0 Å². The van der Waals surface area contributed by atoms with E-state index in [0.29, 0.717) is 23.0 Å². The van der Waals surface area contributed by atoms with Crippen molar-refractivity contribution in [3.8, 4) is 45.3 Å². The molecule has 44 heavy (non-hydrogen) atoms. The minimum absolute atomic E-state index is 0.648. The molecule has 3 aromatic heterocycles. The summed E-state index contributed by atoms with van der Waals surface area (Å²) in [6.45, 7) is 0. The molecule has 2 N–H and O–H groups in total. The highest BCUT2D eigenvalue weighted by Gasteiger charge is 2.16. The molecule has 2 aromatic carbocycles. The van der Waals surface area contributed by atoms with Crippen molar-refractivity contribution in [1.82, 2.24) is 19.9 Å². The van der Waals surface area contributed by atoms with Crippen LogP contribution in [0.3, 0.4) is 0 Å². The van der Waals surface area contributed by atoms with Gasteiger partial charge in [-0.3, -0.25) is 0 Å². The van der Waals surface area contributed by atoms with E-state index in [0.717, 1.165) is 67.1 Å². The molecular formula is C36H30N4O4. The van der Waals surface area contributed by atoms with Gasteiger partial charge in [0.2, 0.25) is 0 Å². The van der Waals surface area contributed by atoms with Crippen LogP contribution in [0.25, 0.3) is 68.6 Å². The maximum absolute atomic E-state index is 5.62. The standard InChI is InChI=1S/C36H30N4O4/c1-41-31-15-5-21(17-33(31)43-3)35-27-11-7-23(37-27)19-25-9-13-29(39-25)36(22-6-16-32(42-2)34(18-22)44-4)30-14-10-26(40-30)20-24-8-12-28(35)38-24/h5-20,37,40H,1-4H3. The topological polar surface area (TPSA) is 94.3 Å². The lowest BCUT2D eigenvalue weighted by Crippen LogP contribution is -1.92. The normalized spacial score (nSPS) is 11.9. The Bertz CT molecular complexity index is 1990. The van der Waals surface area contributed by atoms with E-state index < -0.39 is 0 Å². The molecule has 0 radical (unpaired) electrons. The van der Waals surface area contributed by atoms with Crippen molar-refractivity contribution in [2.75, 3.05) is 28.4 Å². The molecule has 0 spiro atoms. The molecule has 2 aliphatic heterocycles. The summed E-state index contributed by atoms with van der Waals surface area (Å²) in [6.07, 6.45) is 8.12. The largest absolute Gasteiger partial charge is 0.493 e. The fraction of sp³-hybridized carbons (Fsp3) is 0.111. The molecule has 0 saturated heterocycles. The molecule has 0 saturated carbocycles. The highest BCUT2D eigenvalue weighted by atomic mass is 16.5. The molecule has 5 aromatic rings. The quantitative estimate of drug-likeness (QED) is 0.206. The van der Waals surface area contributed by atoms with Crippen molar-refractivity contribution < 1.29 is 18.9 Å². The smallest absolute Gasteiger partial charge is 0.161 e. The number of nitrogens with zero attached hydrogens (tertiary/aromatic N) is 2. The first-order valence-electron chi connectivity index (χ1n) is 14.1. The van der Waals surface area contributed by atoms with Crippen LogP contribution in [0.15, 0.2) is 72.8 Å². The minimum atomic E-state index is 0.648. The van der Waals surface area contributed by atoms with E-state index in [1.165, 1.54) is 0 Å². The number of methoxy groups -OCH3 is 4. The van der Waals surface area contributed by atoms with E-state index in [9.17, 15) is 0 Å². The van der Waals surface area contributed by atoms with E-state index >= 15 is 0 Å². The number of ether oxygens (including phenoxy) is 4. The van der Waals surface area contributed by atoms with E-state index in [1.807, 2.05) is 85.0 Å². The summed E-state index contributed by atoms with van der Waals surface area (Å²) < 4.78 is 22.2. The van der Waals surface area contributed by atoms with Crippen LogP contribution < -0.4 is 18.9 Å². The van der Waals surface area contributed by atoms with Crippen LogP contribution in [0.2, 0.25) is 0 Å². The fourth-order valence-electron chi connectivity index (χ4n) is 5.66. The molecule has 218 valence electrons. The van der Waals surface area contributed by atoms with Crippen LogP contribution in [0.5, 0.6) is 23.0 Å². The van der Waals surface area contributed by atoms with E-state index in [4.69, 9.17) is 28.9 Å². The van der Waals surface area contributed by atoms with Gasteiger partial charge in [-0.05, 0) is 96.1 Å². The number of nitrogens with one attached hydrogen (secondary N) is 2. The minimum Gasteiger partial charge on any atom is -0.493 e. The maximum atomic E-state index is 5.62. The van der Waals surface area contributed by atoms with Crippen molar-refractivity contribution >= 4 is 46.4 Å². The molecule has 8 nitrogen and oxygen atoms in total. The van der Waals surface area contributed by atoms with E-state index in [2.05, 4.69) is 22.1 Å². The van der Waals surface area contributed by atoms with Crippen LogP contribution in [-0.2, 0) is 0 Å². The van der Waals surface area contributed by atoms with Gasteiger partial charge in [0.25, 0.3) is 0 Å². The summed E-state index contributed by atoms with van der Waals surface area (Å²) in [5, 5.41) is 0. The number of rotatable bonds is 6. The Kier molecular flexibility index (Phi) is 6.86. The maximum Gasteiger partial charge on any atom is 0.161 e. The van der Waals surface area contributed by atoms with Gasteiger partial charge in [-0.25, -0.2) is 9.97 Å². The second-order valence-corrected chi connectivity index (χ2v) is 10.3. The monoisotopic (exact) mass is 582 g/mol. The van der Waals surface area contributed by atoms with Gasteiger partial charge in [-0.1, -0.05) is 12.1 Å². The predicted octanol–water partition coefficient (Wildman–Crippen LogP) is 8.02. The Morgan fingerprint density at radius 3 is 1.30 bits per heavy atom. The fourth-order valence-corrected chi connectivity index (χ4v) is 5.66. The lowest BCUT2D eigenvalue weighted by atomic mass is 10.0. The first-order chi connectivity index (χ1) is 21.6. The average Bonchev–Trinajstić information content (AvgIpc) is 3.88. The Balaban J connectivity index is 1.51. The number of aromatic nitrogens is 4. The van der Waals surface area contributed by atoms with Gasteiger partial charge >= 0.3 is 0 Å². The second kappa shape index (κ2) is 11.1. The molecule has 0 atom stereocenters. The molecule has 7 rings (SSSR count). The molecule has 0 fully saturated rings. The number of benzene rings is 2. The molecule has 0 unspecified atom stereocenters. The van der Waals surface area contributed by atoms with E-state index in [-0.39, 0.29) is 0 Å². The third kappa shape index (κ3) is 4.86. The molecule has 8 bridgehead atoms. The van der Waals surface area contributed by atoms with Crippen molar-refractivity contribution in [3.05, 3.63) is 95.6 Å².